The van der Waals surface area contributed by atoms with Gasteiger partial charge >= 0.3 is 6.01 Å². The molecule has 0 aromatic carbocycles. The fourth-order valence-electron chi connectivity index (χ4n) is 2.52. The molecule has 3 heterocycles. The molecular formula is C14H21N5O5. The second-order valence-corrected chi connectivity index (χ2v) is 6.15. The fraction of sp³-hybridized carbons (Fsp3) is 0.643. The molecule has 132 valence electrons. The second-order valence-electron chi connectivity index (χ2n) is 6.15. The lowest BCUT2D eigenvalue weighted by Crippen LogP contribution is -2.33. The number of ether oxygens (including phenoxy) is 2. The number of imidazole rings is 1. The van der Waals surface area contributed by atoms with Gasteiger partial charge in [0.1, 0.15) is 18.3 Å². The Morgan fingerprint density at radius 3 is 2.71 bits per heavy atom. The summed E-state index contributed by atoms with van der Waals surface area (Å²) in [5.41, 5.74) is 6.54. The molecule has 2 aromatic heterocycles. The summed E-state index contributed by atoms with van der Waals surface area (Å²) in [5.74, 6) is 0.431. The van der Waals surface area contributed by atoms with Crippen molar-refractivity contribution < 1.29 is 24.8 Å². The van der Waals surface area contributed by atoms with Crippen LogP contribution >= 0.6 is 0 Å². The van der Waals surface area contributed by atoms with Crippen molar-refractivity contribution in [1.82, 2.24) is 19.5 Å². The van der Waals surface area contributed by atoms with Gasteiger partial charge in [-0.05, 0) is 5.92 Å². The van der Waals surface area contributed by atoms with E-state index in [0.29, 0.717) is 17.8 Å². The maximum atomic E-state index is 10.2. The van der Waals surface area contributed by atoms with Crippen LogP contribution in [0.15, 0.2) is 6.33 Å². The van der Waals surface area contributed by atoms with Gasteiger partial charge in [-0.1, -0.05) is 13.8 Å². The molecule has 0 saturated carbocycles. The minimum Gasteiger partial charge on any atom is -0.463 e. The molecule has 0 amide bonds. The summed E-state index contributed by atoms with van der Waals surface area (Å²) < 4.78 is 12.4. The average Bonchev–Trinajstić information content (AvgIpc) is 3.08. The van der Waals surface area contributed by atoms with Crippen LogP contribution in [0.25, 0.3) is 11.2 Å². The first kappa shape index (κ1) is 16.8. The van der Waals surface area contributed by atoms with Gasteiger partial charge in [-0.15, -0.1) is 0 Å². The van der Waals surface area contributed by atoms with Crippen molar-refractivity contribution in [2.45, 2.75) is 38.4 Å². The molecule has 10 nitrogen and oxygen atoms in total. The third-order valence-electron chi connectivity index (χ3n) is 3.76. The van der Waals surface area contributed by atoms with Gasteiger partial charge in [0.25, 0.3) is 0 Å². The molecule has 0 radical (unpaired) electrons. The van der Waals surface area contributed by atoms with Crippen molar-refractivity contribution in [1.29, 1.82) is 0 Å². The first-order valence-electron chi connectivity index (χ1n) is 7.67. The Kier molecular flexibility index (Phi) is 4.54. The van der Waals surface area contributed by atoms with Crippen molar-refractivity contribution in [2.75, 3.05) is 18.9 Å². The van der Waals surface area contributed by atoms with Gasteiger partial charge in [0.15, 0.2) is 23.2 Å². The molecule has 24 heavy (non-hydrogen) atoms. The van der Waals surface area contributed by atoms with Gasteiger partial charge < -0.3 is 30.5 Å². The maximum Gasteiger partial charge on any atom is 0.320 e. The van der Waals surface area contributed by atoms with Crippen LogP contribution in [-0.4, -0.2) is 66.4 Å². The molecular weight excluding hydrogens is 318 g/mol. The summed E-state index contributed by atoms with van der Waals surface area (Å²) in [6, 6.07) is 0.0993. The maximum absolute atomic E-state index is 10.2. The number of anilines is 1. The van der Waals surface area contributed by atoms with Gasteiger partial charge in [0.2, 0.25) is 0 Å². The molecule has 1 aliphatic heterocycles. The summed E-state index contributed by atoms with van der Waals surface area (Å²) >= 11 is 0. The Morgan fingerprint density at radius 2 is 2.08 bits per heavy atom. The summed E-state index contributed by atoms with van der Waals surface area (Å²) in [4.78, 5) is 12.5. The third kappa shape index (κ3) is 2.88. The topological polar surface area (TPSA) is 149 Å². The Balaban J connectivity index is 1.97. The van der Waals surface area contributed by atoms with Crippen molar-refractivity contribution in [2.24, 2.45) is 5.92 Å². The van der Waals surface area contributed by atoms with E-state index in [9.17, 15) is 15.3 Å². The van der Waals surface area contributed by atoms with E-state index in [2.05, 4.69) is 15.0 Å². The van der Waals surface area contributed by atoms with E-state index >= 15 is 0 Å². The van der Waals surface area contributed by atoms with Crippen LogP contribution in [-0.2, 0) is 4.74 Å². The number of hydrogen-bond acceptors (Lipinski definition) is 9. The second kappa shape index (κ2) is 6.48. The Labute approximate surface area is 137 Å². The number of hydrogen-bond donors (Lipinski definition) is 4. The number of aromatic nitrogens is 4. The highest BCUT2D eigenvalue weighted by atomic mass is 16.6. The lowest BCUT2D eigenvalue weighted by molar-refractivity contribution is -0.0511. The summed E-state index contributed by atoms with van der Waals surface area (Å²) in [5, 5.41) is 29.3. The van der Waals surface area contributed by atoms with Gasteiger partial charge in [-0.2, -0.15) is 9.97 Å². The molecule has 2 aromatic rings. The van der Waals surface area contributed by atoms with Crippen LogP contribution in [0.3, 0.4) is 0 Å². The molecule has 1 fully saturated rings. The Hall–Kier alpha value is -2.01. The van der Waals surface area contributed by atoms with Gasteiger partial charge in [0.05, 0.1) is 19.5 Å². The lowest BCUT2D eigenvalue weighted by atomic mass is 10.1. The van der Waals surface area contributed by atoms with Crippen LogP contribution in [0.1, 0.15) is 20.1 Å². The fourth-order valence-corrected chi connectivity index (χ4v) is 2.52. The van der Waals surface area contributed by atoms with E-state index in [1.165, 1.54) is 10.9 Å². The predicted octanol–water partition coefficient (Wildman–Crippen LogP) is -0.945. The molecule has 0 spiro atoms. The van der Waals surface area contributed by atoms with E-state index in [0.717, 1.165) is 0 Å². The number of fused-ring (bicyclic) bond motifs is 1. The third-order valence-corrected chi connectivity index (χ3v) is 3.76. The monoisotopic (exact) mass is 339 g/mol. The van der Waals surface area contributed by atoms with Crippen molar-refractivity contribution in [3.05, 3.63) is 6.33 Å². The van der Waals surface area contributed by atoms with Crippen LogP contribution in [0.5, 0.6) is 6.01 Å². The average molecular weight is 339 g/mol. The Bertz CT molecular complexity index is 721. The highest BCUT2D eigenvalue weighted by Gasteiger charge is 2.44. The van der Waals surface area contributed by atoms with Crippen molar-refractivity contribution >= 4 is 17.0 Å². The van der Waals surface area contributed by atoms with E-state index < -0.39 is 31.1 Å². The number of nitrogens with zero attached hydrogens (tertiary/aromatic N) is 4. The number of aliphatic hydroxyl groups excluding tert-OH is 3. The minimum absolute atomic E-state index is 0.0993. The zero-order valence-electron chi connectivity index (χ0n) is 13.4. The summed E-state index contributed by atoms with van der Waals surface area (Å²) in [7, 11) is 0. The van der Waals surface area contributed by atoms with Gasteiger partial charge in [-0.3, -0.25) is 4.57 Å². The smallest absolute Gasteiger partial charge is 0.320 e. The molecule has 0 bridgehead atoms. The molecule has 10 heteroatoms. The lowest BCUT2D eigenvalue weighted by Gasteiger charge is -2.16. The van der Waals surface area contributed by atoms with Crippen LogP contribution < -0.4 is 10.5 Å². The zero-order chi connectivity index (χ0) is 17.4. The minimum atomic E-state index is -1.24. The number of nitrogens with two attached hydrogens (primary N) is 1. The van der Waals surface area contributed by atoms with E-state index in [-0.39, 0.29) is 17.7 Å². The zero-order valence-corrected chi connectivity index (χ0v) is 13.4. The predicted molar refractivity (Wildman–Crippen MR) is 83.1 cm³/mol. The van der Waals surface area contributed by atoms with E-state index in [4.69, 9.17) is 15.2 Å². The molecule has 1 saturated heterocycles. The quantitative estimate of drug-likeness (QED) is 0.541. The normalized spacial score (nSPS) is 27.2. The molecule has 4 atom stereocenters. The van der Waals surface area contributed by atoms with Crippen molar-refractivity contribution in [3.8, 4) is 6.01 Å². The highest BCUT2D eigenvalue weighted by Crippen LogP contribution is 2.32. The molecule has 0 unspecified atom stereocenters. The SMILES string of the molecule is CC(C)COc1nc(N)c2ncn([C@@H]3O[C@H](CO)[C@@H](O)[C@H]3O)c2n1. The van der Waals surface area contributed by atoms with Crippen LogP contribution in [0.2, 0.25) is 0 Å². The first-order valence-corrected chi connectivity index (χ1v) is 7.67. The largest absolute Gasteiger partial charge is 0.463 e. The van der Waals surface area contributed by atoms with Crippen LogP contribution in [0.4, 0.5) is 5.82 Å². The number of nitrogen functional groups attached to an aromatic ring is 1. The summed E-state index contributed by atoms with van der Waals surface area (Å²) in [6.07, 6.45) is -2.90. The van der Waals surface area contributed by atoms with E-state index in [1.54, 1.807) is 0 Å². The van der Waals surface area contributed by atoms with Crippen LogP contribution in [0, 0.1) is 5.92 Å². The summed E-state index contributed by atoms with van der Waals surface area (Å²) in [6.45, 7) is 3.99. The first-order chi connectivity index (χ1) is 11.4. The van der Waals surface area contributed by atoms with Crippen molar-refractivity contribution in [3.63, 3.8) is 0 Å². The molecule has 3 rings (SSSR count). The van der Waals surface area contributed by atoms with E-state index in [1.807, 2.05) is 13.8 Å². The van der Waals surface area contributed by atoms with Gasteiger partial charge in [-0.25, -0.2) is 4.98 Å². The standard InChI is InChI=1S/C14H21N5O5/c1-6(2)4-23-14-17-11(15)8-12(18-14)19(5-16-8)13-10(22)9(21)7(3-20)24-13/h5-7,9-10,13,20-22H,3-4H2,1-2H3,(H2,15,17,18)/t7-,9-,10-,13-/m1/s1. The van der Waals surface area contributed by atoms with Gasteiger partial charge in [0, 0.05) is 0 Å². The number of aliphatic hydroxyl groups is 3. The molecule has 5 N–H and O–H groups in total. The highest BCUT2D eigenvalue weighted by molar-refractivity contribution is 5.82. The number of rotatable bonds is 5. The molecule has 0 aliphatic carbocycles. The Morgan fingerprint density at radius 1 is 1.33 bits per heavy atom. The molecule has 1 aliphatic rings.